The highest BCUT2D eigenvalue weighted by Crippen LogP contribution is 2.19. The molecule has 0 amide bonds. The van der Waals surface area contributed by atoms with Crippen molar-refractivity contribution < 1.29 is 23.7 Å². The summed E-state index contributed by atoms with van der Waals surface area (Å²) in [5.41, 5.74) is 6.46. The average Bonchev–Trinajstić information content (AvgIpc) is 2.87. The Balaban J connectivity index is 1.66. The molecular weight excluding hydrogens is 442 g/mol. The molecule has 0 unspecified atom stereocenters. The van der Waals surface area contributed by atoms with Crippen molar-refractivity contribution >= 4 is 5.69 Å². The molecule has 1 rings (SSSR count). The molecule has 0 fully saturated rings. The molecular formula is C29H53NO5. The van der Waals surface area contributed by atoms with Crippen LogP contribution in [-0.4, -0.2) is 59.5 Å². The van der Waals surface area contributed by atoms with Gasteiger partial charge in [0.15, 0.2) is 0 Å². The number of ether oxygens (including phenoxy) is 5. The second kappa shape index (κ2) is 25.7. The molecule has 0 heterocycles. The van der Waals surface area contributed by atoms with Crippen LogP contribution in [0.1, 0.15) is 90.4 Å². The highest BCUT2D eigenvalue weighted by molar-refractivity contribution is 5.51. The number of benzene rings is 1. The Morgan fingerprint density at radius 3 is 1.37 bits per heavy atom. The van der Waals surface area contributed by atoms with E-state index in [1.807, 2.05) is 24.3 Å². The SMILES string of the molecule is CCCCCCCCCCCCCCCOCCOCCOCCOCCOc1ccccc1N. The van der Waals surface area contributed by atoms with Crippen LogP contribution >= 0.6 is 0 Å². The van der Waals surface area contributed by atoms with Crippen LogP contribution in [0.4, 0.5) is 5.69 Å². The predicted molar refractivity (Wildman–Crippen MR) is 145 cm³/mol. The van der Waals surface area contributed by atoms with Gasteiger partial charge >= 0.3 is 0 Å². The third-order valence-electron chi connectivity index (χ3n) is 5.91. The number of hydrogen-bond donors (Lipinski definition) is 1. The Morgan fingerprint density at radius 1 is 0.486 bits per heavy atom. The summed E-state index contributed by atoms with van der Waals surface area (Å²) >= 11 is 0. The molecule has 35 heavy (non-hydrogen) atoms. The van der Waals surface area contributed by atoms with E-state index in [9.17, 15) is 0 Å². The van der Waals surface area contributed by atoms with Gasteiger partial charge in [-0.1, -0.05) is 96.1 Å². The monoisotopic (exact) mass is 495 g/mol. The zero-order chi connectivity index (χ0) is 25.1. The van der Waals surface area contributed by atoms with Gasteiger partial charge in [0.1, 0.15) is 12.4 Å². The predicted octanol–water partition coefficient (Wildman–Crippen LogP) is 6.81. The van der Waals surface area contributed by atoms with Crippen molar-refractivity contribution in [2.75, 3.05) is 65.2 Å². The van der Waals surface area contributed by atoms with Gasteiger partial charge in [-0.3, -0.25) is 0 Å². The Bertz CT molecular complexity index is 558. The van der Waals surface area contributed by atoms with Crippen molar-refractivity contribution in [3.63, 3.8) is 0 Å². The van der Waals surface area contributed by atoms with Gasteiger partial charge in [0.05, 0.1) is 51.9 Å². The smallest absolute Gasteiger partial charge is 0.142 e. The molecule has 0 aliphatic rings. The average molecular weight is 496 g/mol. The van der Waals surface area contributed by atoms with E-state index in [1.54, 1.807) is 0 Å². The normalized spacial score (nSPS) is 11.2. The molecule has 0 aliphatic carbocycles. The fraction of sp³-hybridized carbons (Fsp3) is 0.793. The van der Waals surface area contributed by atoms with Gasteiger partial charge in [-0.2, -0.15) is 0 Å². The van der Waals surface area contributed by atoms with E-state index in [-0.39, 0.29) is 0 Å². The van der Waals surface area contributed by atoms with E-state index in [0.29, 0.717) is 64.3 Å². The molecule has 2 N–H and O–H groups in total. The Morgan fingerprint density at radius 2 is 0.886 bits per heavy atom. The lowest BCUT2D eigenvalue weighted by Crippen LogP contribution is -2.14. The summed E-state index contributed by atoms with van der Waals surface area (Å²) in [5, 5.41) is 0. The second-order valence-corrected chi connectivity index (χ2v) is 9.08. The lowest BCUT2D eigenvalue weighted by Gasteiger charge is -2.09. The van der Waals surface area contributed by atoms with Crippen molar-refractivity contribution in [2.24, 2.45) is 0 Å². The summed E-state index contributed by atoms with van der Waals surface area (Å²) in [5.74, 6) is 0.692. The second-order valence-electron chi connectivity index (χ2n) is 9.08. The molecule has 6 heteroatoms. The van der Waals surface area contributed by atoms with Crippen molar-refractivity contribution in [1.29, 1.82) is 0 Å². The van der Waals surface area contributed by atoms with Gasteiger partial charge in [-0.25, -0.2) is 0 Å². The summed E-state index contributed by atoms with van der Waals surface area (Å²) in [6, 6.07) is 7.45. The van der Waals surface area contributed by atoms with E-state index >= 15 is 0 Å². The standard InChI is InChI=1S/C29H53NO5/c1-2-3-4-5-6-7-8-9-10-11-12-13-16-19-31-20-21-32-22-23-33-24-25-34-26-27-35-29-18-15-14-17-28(29)30/h14-15,17-18H,2-13,16,19-27,30H2,1H3. The maximum absolute atomic E-state index is 5.82. The zero-order valence-corrected chi connectivity index (χ0v) is 22.5. The maximum atomic E-state index is 5.82. The lowest BCUT2D eigenvalue weighted by atomic mass is 10.0. The summed E-state index contributed by atoms with van der Waals surface area (Å²) in [6.07, 6.45) is 17.9. The Kier molecular flexibility index (Phi) is 23.3. The fourth-order valence-corrected chi connectivity index (χ4v) is 3.81. The molecule has 1 aromatic rings. The van der Waals surface area contributed by atoms with Crippen LogP contribution in [0.3, 0.4) is 0 Å². The summed E-state index contributed by atoms with van der Waals surface area (Å²) in [6.45, 7) is 7.62. The van der Waals surface area contributed by atoms with E-state index in [0.717, 1.165) is 13.0 Å². The van der Waals surface area contributed by atoms with E-state index in [2.05, 4.69) is 6.92 Å². The number of nitrogen functional groups attached to an aromatic ring is 1. The van der Waals surface area contributed by atoms with Crippen LogP contribution < -0.4 is 10.5 Å². The van der Waals surface area contributed by atoms with Crippen LogP contribution in [0.25, 0.3) is 0 Å². The first-order valence-corrected chi connectivity index (χ1v) is 14.1. The van der Waals surface area contributed by atoms with Crippen molar-refractivity contribution in [3.05, 3.63) is 24.3 Å². The van der Waals surface area contributed by atoms with Gasteiger partial charge in [0, 0.05) is 6.61 Å². The third-order valence-corrected chi connectivity index (χ3v) is 5.91. The molecule has 0 bridgehead atoms. The molecule has 0 radical (unpaired) electrons. The first-order chi connectivity index (χ1) is 17.3. The van der Waals surface area contributed by atoms with Gasteiger partial charge in [0.2, 0.25) is 0 Å². The van der Waals surface area contributed by atoms with Crippen molar-refractivity contribution in [1.82, 2.24) is 0 Å². The first-order valence-electron chi connectivity index (χ1n) is 14.1. The van der Waals surface area contributed by atoms with Crippen LogP contribution in [0.2, 0.25) is 0 Å². The largest absolute Gasteiger partial charge is 0.489 e. The number of para-hydroxylation sites is 2. The van der Waals surface area contributed by atoms with Gasteiger partial charge in [-0.05, 0) is 18.6 Å². The quantitative estimate of drug-likeness (QED) is 0.107. The van der Waals surface area contributed by atoms with Crippen LogP contribution in [0, 0.1) is 0 Å². The van der Waals surface area contributed by atoms with Crippen molar-refractivity contribution in [2.45, 2.75) is 90.4 Å². The number of hydrogen-bond acceptors (Lipinski definition) is 6. The third kappa shape index (κ3) is 21.6. The topological polar surface area (TPSA) is 72.2 Å². The van der Waals surface area contributed by atoms with Crippen LogP contribution in [0.5, 0.6) is 5.75 Å². The molecule has 0 aliphatic heterocycles. The molecule has 1 aromatic carbocycles. The number of nitrogens with two attached hydrogens (primary N) is 1. The molecule has 6 nitrogen and oxygen atoms in total. The number of anilines is 1. The summed E-state index contributed by atoms with van der Waals surface area (Å²) in [4.78, 5) is 0. The molecule has 0 spiro atoms. The zero-order valence-electron chi connectivity index (χ0n) is 22.5. The summed E-state index contributed by atoms with van der Waals surface area (Å²) in [7, 11) is 0. The molecule has 0 saturated heterocycles. The van der Waals surface area contributed by atoms with Crippen LogP contribution in [-0.2, 0) is 18.9 Å². The van der Waals surface area contributed by atoms with E-state index in [1.165, 1.54) is 77.0 Å². The fourth-order valence-electron chi connectivity index (χ4n) is 3.81. The maximum Gasteiger partial charge on any atom is 0.142 e. The summed E-state index contributed by atoms with van der Waals surface area (Å²) < 4.78 is 27.7. The lowest BCUT2D eigenvalue weighted by molar-refractivity contribution is -0.00485. The van der Waals surface area contributed by atoms with Crippen molar-refractivity contribution in [3.8, 4) is 5.75 Å². The minimum absolute atomic E-state index is 0.469. The van der Waals surface area contributed by atoms with Gasteiger partial charge < -0.3 is 29.4 Å². The molecule has 0 aromatic heterocycles. The Hall–Kier alpha value is -1.34. The minimum Gasteiger partial charge on any atom is -0.489 e. The molecule has 0 atom stereocenters. The minimum atomic E-state index is 0.469. The first kappa shape index (κ1) is 31.7. The molecule has 204 valence electrons. The number of unbranched alkanes of at least 4 members (excludes halogenated alkanes) is 12. The highest BCUT2D eigenvalue weighted by Gasteiger charge is 1.98. The number of rotatable bonds is 27. The van der Waals surface area contributed by atoms with E-state index < -0.39 is 0 Å². The Labute approximate surface area is 215 Å². The van der Waals surface area contributed by atoms with Crippen LogP contribution in [0.15, 0.2) is 24.3 Å². The highest BCUT2D eigenvalue weighted by atomic mass is 16.6. The van der Waals surface area contributed by atoms with Gasteiger partial charge in [0.25, 0.3) is 0 Å². The van der Waals surface area contributed by atoms with Gasteiger partial charge in [-0.15, -0.1) is 0 Å². The molecule has 0 saturated carbocycles. The van der Waals surface area contributed by atoms with E-state index in [4.69, 9.17) is 29.4 Å².